The van der Waals surface area contributed by atoms with Crippen molar-refractivity contribution in [3.05, 3.63) is 39.7 Å². The summed E-state index contributed by atoms with van der Waals surface area (Å²) >= 11 is 5.92. The van der Waals surface area contributed by atoms with E-state index in [1.807, 2.05) is 0 Å². The quantitative estimate of drug-likeness (QED) is 0.370. The van der Waals surface area contributed by atoms with Crippen molar-refractivity contribution in [3.63, 3.8) is 0 Å². The van der Waals surface area contributed by atoms with E-state index in [-0.39, 0.29) is 6.42 Å². The number of carbonyl (C=O) groups excluding carboxylic acids is 1. The average Bonchev–Trinajstić information content (AvgIpc) is 2.47. The van der Waals surface area contributed by atoms with Gasteiger partial charge in [0, 0.05) is 11.4 Å². The molecule has 1 amide bonds. The van der Waals surface area contributed by atoms with Gasteiger partial charge in [0.25, 0.3) is 0 Å². The standard InChI is InChI=1S/C14H14ClNO5/c15-9-4-5-11-10(7-9)12(8-14(18)21-11)20-6-2-1-3-13(17)16-19/h4-5,7-8,19H,1-3,6H2,(H,16,17). The Labute approximate surface area is 125 Å². The highest BCUT2D eigenvalue weighted by molar-refractivity contribution is 6.31. The van der Waals surface area contributed by atoms with Crippen LogP contribution in [0.5, 0.6) is 5.75 Å². The molecule has 0 aliphatic rings. The maximum Gasteiger partial charge on any atom is 0.339 e. The molecule has 1 heterocycles. The first-order chi connectivity index (χ1) is 10.1. The van der Waals surface area contributed by atoms with Crippen LogP contribution in [0.25, 0.3) is 11.0 Å². The number of amides is 1. The van der Waals surface area contributed by atoms with Gasteiger partial charge in [0.1, 0.15) is 11.3 Å². The van der Waals surface area contributed by atoms with Crippen LogP contribution in [0.4, 0.5) is 0 Å². The monoisotopic (exact) mass is 311 g/mol. The molecule has 21 heavy (non-hydrogen) atoms. The summed E-state index contributed by atoms with van der Waals surface area (Å²) in [5, 5.41) is 9.49. The van der Waals surface area contributed by atoms with E-state index in [9.17, 15) is 9.59 Å². The zero-order valence-corrected chi connectivity index (χ0v) is 11.9. The molecule has 0 spiro atoms. The summed E-state index contributed by atoms with van der Waals surface area (Å²) in [4.78, 5) is 22.3. The Morgan fingerprint density at radius 1 is 1.33 bits per heavy atom. The smallest absolute Gasteiger partial charge is 0.339 e. The second-order valence-corrected chi connectivity index (χ2v) is 4.85. The number of rotatable bonds is 6. The summed E-state index contributed by atoms with van der Waals surface area (Å²) in [6.45, 7) is 0.337. The molecule has 2 N–H and O–H groups in total. The Balaban J connectivity index is 2.03. The summed E-state index contributed by atoms with van der Waals surface area (Å²) in [7, 11) is 0. The van der Waals surface area contributed by atoms with E-state index in [1.54, 1.807) is 23.7 Å². The number of carbonyl (C=O) groups is 1. The molecule has 0 saturated carbocycles. The molecule has 112 valence electrons. The fourth-order valence-electron chi connectivity index (χ4n) is 1.85. The predicted molar refractivity (Wildman–Crippen MR) is 76.8 cm³/mol. The predicted octanol–water partition coefficient (Wildman–Crippen LogP) is 2.50. The lowest BCUT2D eigenvalue weighted by Gasteiger charge is -2.08. The van der Waals surface area contributed by atoms with E-state index in [4.69, 9.17) is 26.0 Å². The van der Waals surface area contributed by atoms with Crippen LogP contribution in [0.1, 0.15) is 19.3 Å². The lowest BCUT2D eigenvalue weighted by Crippen LogP contribution is -2.18. The van der Waals surface area contributed by atoms with Gasteiger partial charge in [-0.3, -0.25) is 10.0 Å². The first kappa shape index (κ1) is 15.3. The zero-order chi connectivity index (χ0) is 15.2. The molecule has 1 aromatic heterocycles. The van der Waals surface area contributed by atoms with Gasteiger partial charge in [-0.15, -0.1) is 0 Å². The first-order valence-electron chi connectivity index (χ1n) is 6.39. The van der Waals surface area contributed by atoms with Crippen LogP contribution >= 0.6 is 11.6 Å². The van der Waals surface area contributed by atoms with Gasteiger partial charge in [-0.05, 0) is 31.0 Å². The lowest BCUT2D eigenvalue weighted by molar-refractivity contribution is -0.129. The molecule has 0 aliphatic heterocycles. The van der Waals surface area contributed by atoms with E-state index in [0.717, 1.165) is 0 Å². The minimum absolute atomic E-state index is 0.212. The number of hydrogen-bond acceptors (Lipinski definition) is 5. The number of fused-ring (bicyclic) bond motifs is 1. The molecular formula is C14H14ClNO5. The molecule has 0 bridgehead atoms. The second-order valence-electron chi connectivity index (χ2n) is 4.41. The third-order valence-electron chi connectivity index (χ3n) is 2.85. The Hall–Kier alpha value is -2.05. The van der Waals surface area contributed by atoms with Crippen molar-refractivity contribution in [1.29, 1.82) is 0 Å². The van der Waals surface area contributed by atoms with Gasteiger partial charge in [0.2, 0.25) is 5.91 Å². The minimum Gasteiger partial charge on any atom is -0.493 e. The van der Waals surface area contributed by atoms with Crippen molar-refractivity contribution in [2.45, 2.75) is 19.3 Å². The van der Waals surface area contributed by atoms with Crippen molar-refractivity contribution in [1.82, 2.24) is 5.48 Å². The van der Waals surface area contributed by atoms with Crippen LogP contribution in [0.15, 0.2) is 33.5 Å². The molecule has 0 saturated heterocycles. The minimum atomic E-state index is -0.500. The second kappa shape index (κ2) is 7.10. The normalized spacial score (nSPS) is 10.6. The topological polar surface area (TPSA) is 88.8 Å². The summed E-state index contributed by atoms with van der Waals surface area (Å²) < 4.78 is 10.6. The molecule has 0 fully saturated rings. The highest BCUT2D eigenvalue weighted by atomic mass is 35.5. The van der Waals surface area contributed by atoms with Crippen LogP contribution in [0, 0.1) is 0 Å². The van der Waals surface area contributed by atoms with E-state index < -0.39 is 11.5 Å². The summed E-state index contributed by atoms with van der Waals surface area (Å²) in [6.07, 6.45) is 1.38. The van der Waals surface area contributed by atoms with E-state index in [2.05, 4.69) is 0 Å². The van der Waals surface area contributed by atoms with Gasteiger partial charge in [-0.1, -0.05) is 11.6 Å². The first-order valence-corrected chi connectivity index (χ1v) is 6.77. The number of ether oxygens (including phenoxy) is 1. The molecule has 0 atom stereocenters. The van der Waals surface area contributed by atoms with Crippen LogP contribution in [0.3, 0.4) is 0 Å². The fraction of sp³-hybridized carbons (Fsp3) is 0.286. The Kier molecular flexibility index (Phi) is 5.19. The third kappa shape index (κ3) is 4.21. The SMILES string of the molecule is O=C(CCCCOc1cc(=O)oc2ccc(Cl)cc12)NO. The molecule has 0 unspecified atom stereocenters. The molecule has 1 aromatic carbocycles. The summed E-state index contributed by atoms with van der Waals surface area (Å²) in [5.41, 5.74) is 1.47. The molecule has 0 aliphatic carbocycles. The van der Waals surface area contributed by atoms with Crippen molar-refractivity contribution in [3.8, 4) is 5.75 Å². The number of halogens is 1. The number of benzene rings is 1. The Bertz CT molecular complexity index is 697. The highest BCUT2D eigenvalue weighted by Crippen LogP contribution is 2.26. The van der Waals surface area contributed by atoms with Gasteiger partial charge < -0.3 is 9.15 Å². The molecule has 6 nitrogen and oxygen atoms in total. The van der Waals surface area contributed by atoms with Crippen molar-refractivity contribution >= 4 is 28.5 Å². The van der Waals surface area contributed by atoms with Crippen molar-refractivity contribution in [2.24, 2.45) is 0 Å². The molecule has 0 radical (unpaired) electrons. The lowest BCUT2D eigenvalue weighted by atomic mass is 10.2. The van der Waals surface area contributed by atoms with E-state index in [0.29, 0.717) is 41.2 Å². The largest absolute Gasteiger partial charge is 0.493 e. The highest BCUT2D eigenvalue weighted by Gasteiger charge is 2.07. The molecule has 2 rings (SSSR count). The summed E-state index contributed by atoms with van der Waals surface area (Å²) in [5.74, 6) is -0.0389. The summed E-state index contributed by atoms with van der Waals surface area (Å²) in [6, 6.07) is 6.16. The Morgan fingerprint density at radius 3 is 2.90 bits per heavy atom. The van der Waals surface area contributed by atoms with Crippen LogP contribution in [-0.2, 0) is 4.79 Å². The Morgan fingerprint density at radius 2 is 2.14 bits per heavy atom. The maximum atomic E-state index is 11.4. The van der Waals surface area contributed by atoms with Crippen LogP contribution < -0.4 is 15.8 Å². The molecular weight excluding hydrogens is 298 g/mol. The van der Waals surface area contributed by atoms with Gasteiger partial charge >= 0.3 is 5.63 Å². The van der Waals surface area contributed by atoms with Crippen molar-refractivity contribution < 1.29 is 19.2 Å². The zero-order valence-electron chi connectivity index (χ0n) is 11.1. The van der Waals surface area contributed by atoms with Gasteiger partial charge in [0.15, 0.2) is 0 Å². The number of hydrogen-bond donors (Lipinski definition) is 2. The fourth-order valence-corrected chi connectivity index (χ4v) is 2.02. The molecule has 7 heteroatoms. The van der Waals surface area contributed by atoms with Gasteiger partial charge in [0.05, 0.1) is 18.1 Å². The van der Waals surface area contributed by atoms with Crippen LogP contribution in [0.2, 0.25) is 5.02 Å². The number of hydroxylamine groups is 1. The number of nitrogens with one attached hydrogen (secondary N) is 1. The maximum absolute atomic E-state index is 11.4. The number of unbranched alkanes of at least 4 members (excludes halogenated alkanes) is 1. The van der Waals surface area contributed by atoms with Crippen LogP contribution in [-0.4, -0.2) is 17.7 Å². The van der Waals surface area contributed by atoms with Gasteiger partial charge in [-0.2, -0.15) is 0 Å². The van der Waals surface area contributed by atoms with E-state index in [1.165, 1.54) is 6.07 Å². The van der Waals surface area contributed by atoms with Gasteiger partial charge in [-0.25, -0.2) is 10.3 Å². The van der Waals surface area contributed by atoms with Crippen molar-refractivity contribution in [2.75, 3.05) is 6.61 Å². The van der Waals surface area contributed by atoms with E-state index >= 15 is 0 Å². The molecule has 2 aromatic rings. The average molecular weight is 312 g/mol. The third-order valence-corrected chi connectivity index (χ3v) is 3.08.